The van der Waals surface area contributed by atoms with Crippen molar-refractivity contribution in [2.45, 2.75) is 6.42 Å². The molecule has 0 aliphatic heterocycles. The van der Waals surface area contributed by atoms with Crippen molar-refractivity contribution in [3.63, 3.8) is 0 Å². The number of hydrogen-bond acceptors (Lipinski definition) is 3. The summed E-state index contributed by atoms with van der Waals surface area (Å²) in [5, 5.41) is 8.14. The highest BCUT2D eigenvalue weighted by atomic mass is 19.1. The van der Waals surface area contributed by atoms with Crippen LogP contribution in [-0.2, 0) is 14.3 Å². The largest absolute Gasteiger partial charge is 0.480 e. The second kappa shape index (κ2) is 8.42. The Hall–Kier alpha value is -0.680. The molecular formula is C7H13FO4. The molecule has 0 unspecified atom stereocenters. The van der Waals surface area contributed by atoms with Gasteiger partial charge in [0.2, 0.25) is 0 Å². The molecule has 0 atom stereocenters. The molecule has 5 heteroatoms. The lowest BCUT2D eigenvalue weighted by Crippen LogP contribution is -2.11. The standard InChI is InChI=1S/C7H13FO4/c8-2-1-3-11-4-5-12-6-7(9)10/h1-6H2,(H,9,10). The average molecular weight is 180 g/mol. The number of alkyl halides is 1. The first-order valence-corrected chi connectivity index (χ1v) is 3.70. The van der Waals surface area contributed by atoms with E-state index in [0.29, 0.717) is 19.6 Å². The Labute approximate surface area is 70.3 Å². The number of aliphatic carboxylic acids is 1. The molecular weight excluding hydrogens is 167 g/mol. The van der Waals surface area contributed by atoms with Gasteiger partial charge in [-0.15, -0.1) is 0 Å². The Balaban J connectivity index is 2.86. The third kappa shape index (κ3) is 9.32. The zero-order chi connectivity index (χ0) is 9.23. The van der Waals surface area contributed by atoms with Gasteiger partial charge in [0, 0.05) is 6.61 Å². The minimum atomic E-state index is -1.00. The van der Waals surface area contributed by atoms with Crippen molar-refractivity contribution in [1.29, 1.82) is 0 Å². The average Bonchev–Trinajstić information content (AvgIpc) is 2.02. The Morgan fingerprint density at radius 3 is 2.50 bits per heavy atom. The molecule has 0 aliphatic rings. The van der Waals surface area contributed by atoms with Gasteiger partial charge in [-0.1, -0.05) is 0 Å². The molecule has 0 spiro atoms. The van der Waals surface area contributed by atoms with Gasteiger partial charge in [-0.3, -0.25) is 4.39 Å². The first kappa shape index (κ1) is 11.3. The summed E-state index contributed by atoms with van der Waals surface area (Å²) >= 11 is 0. The van der Waals surface area contributed by atoms with Crippen LogP contribution in [0.1, 0.15) is 6.42 Å². The lowest BCUT2D eigenvalue weighted by molar-refractivity contribution is -0.142. The predicted octanol–water partition coefficient (Wildman–Crippen LogP) is 0.464. The van der Waals surface area contributed by atoms with E-state index in [0.717, 1.165) is 0 Å². The van der Waals surface area contributed by atoms with Gasteiger partial charge in [0.25, 0.3) is 0 Å². The maximum absolute atomic E-state index is 11.5. The number of rotatable bonds is 8. The maximum atomic E-state index is 11.5. The minimum Gasteiger partial charge on any atom is -0.480 e. The first-order chi connectivity index (χ1) is 5.77. The Bertz CT molecular complexity index is 118. The molecule has 4 nitrogen and oxygen atoms in total. The van der Waals surface area contributed by atoms with E-state index in [1.54, 1.807) is 0 Å². The number of carbonyl (C=O) groups is 1. The topological polar surface area (TPSA) is 55.8 Å². The van der Waals surface area contributed by atoms with Crippen LogP contribution in [0.4, 0.5) is 4.39 Å². The molecule has 0 aromatic heterocycles. The van der Waals surface area contributed by atoms with Crippen LogP contribution in [0.2, 0.25) is 0 Å². The van der Waals surface area contributed by atoms with E-state index in [9.17, 15) is 9.18 Å². The highest BCUT2D eigenvalue weighted by molar-refractivity contribution is 5.67. The van der Waals surface area contributed by atoms with Crippen LogP contribution in [0.25, 0.3) is 0 Å². The third-order valence-corrected chi connectivity index (χ3v) is 1.02. The van der Waals surface area contributed by atoms with Crippen LogP contribution in [-0.4, -0.2) is 44.2 Å². The summed E-state index contributed by atoms with van der Waals surface area (Å²) in [5.74, 6) is -1.00. The summed E-state index contributed by atoms with van der Waals surface area (Å²) < 4.78 is 21.0. The number of ether oxygens (including phenoxy) is 2. The van der Waals surface area contributed by atoms with E-state index in [1.165, 1.54) is 0 Å². The third-order valence-electron chi connectivity index (χ3n) is 1.02. The minimum absolute atomic E-state index is 0.235. The molecule has 0 heterocycles. The van der Waals surface area contributed by atoms with Crippen molar-refractivity contribution < 1.29 is 23.8 Å². The molecule has 0 aromatic carbocycles. The Kier molecular flexibility index (Phi) is 7.94. The molecule has 1 N–H and O–H groups in total. The number of hydrogen-bond donors (Lipinski definition) is 1. The monoisotopic (exact) mass is 180 g/mol. The molecule has 72 valence electrons. The van der Waals surface area contributed by atoms with Crippen LogP contribution >= 0.6 is 0 Å². The fourth-order valence-electron chi connectivity index (χ4n) is 0.536. The summed E-state index contributed by atoms with van der Waals surface area (Å²) in [6, 6.07) is 0. The summed E-state index contributed by atoms with van der Waals surface area (Å²) in [4.78, 5) is 9.92. The molecule has 0 aromatic rings. The molecule has 0 aliphatic carbocycles. The van der Waals surface area contributed by atoms with Gasteiger partial charge in [-0.25, -0.2) is 4.79 Å². The van der Waals surface area contributed by atoms with Crippen LogP contribution in [0.15, 0.2) is 0 Å². The fourth-order valence-corrected chi connectivity index (χ4v) is 0.536. The summed E-state index contributed by atoms with van der Waals surface area (Å²) in [6.07, 6.45) is 0.374. The molecule has 0 amide bonds. The van der Waals surface area contributed by atoms with Crippen molar-refractivity contribution in [3.8, 4) is 0 Å². The molecule has 0 saturated heterocycles. The van der Waals surface area contributed by atoms with Gasteiger partial charge >= 0.3 is 5.97 Å². The zero-order valence-electron chi connectivity index (χ0n) is 6.79. The van der Waals surface area contributed by atoms with Gasteiger partial charge in [-0.2, -0.15) is 0 Å². The van der Waals surface area contributed by atoms with Gasteiger partial charge in [0.1, 0.15) is 6.61 Å². The smallest absolute Gasteiger partial charge is 0.329 e. The molecule has 0 radical (unpaired) electrons. The Morgan fingerprint density at radius 2 is 1.92 bits per heavy atom. The summed E-state index contributed by atoms with van der Waals surface area (Å²) in [7, 11) is 0. The van der Waals surface area contributed by atoms with Crippen molar-refractivity contribution in [3.05, 3.63) is 0 Å². The highest BCUT2D eigenvalue weighted by Gasteiger charge is 1.95. The van der Waals surface area contributed by atoms with Crippen LogP contribution in [0, 0.1) is 0 Å². The molecule has 12 heavy (non-hydrogen) atoms. The molecule has 0 fully saturated rings. The quantitative estimate of drug-likeness (QED) is 0.551. The fraction of sp³-hybridized carbons (Fsp3) is 0.857. The second-order valence-corrected chi connectivity index (χ2v) is 2.10. The molecule has 0 bridgehead atoms. The van der Waals surface area contributed by atoms with Crippen molar-refractivity contribution in [2.24, 2.45) is 0 Å². The highest BCUT2D eigenvalue weighted by Crippen LogP contribution is 1.84. The van der Waals surface area contributed by atoms with Gasteiger partial charge in [0.05, 0.1) is 19.9 Å². The van der Waals surface area contributed by atoms with Gasteiger partial charge in [0.15, 0.2) is 0 Å². The summed E-state index contributed by atoms with van der Waals surface area (Å²) in [5.41, 5.74) is 0. The van der Waals surface area contributed by atoms with Crippen molar-refractivity contribution in [2.75, 3.05) is 33.1 Å². The van der Waals surface area contributed by atoms with E-state index in [1.807, 2.05) is 0 Å². The van der Waals surface area contributed by atoms with E-state index in [4.69, 9.17) is 9.84 Å². The van der Waals surface area contributed by atoms with Crippen LogP contribution < -0.4 is 0 Å². The maximum Gasteiger partial charge on any atom is 0.329 e. The van der Waals surface area contributed by atoms with E-state index < -0.39 is 12.6 Å². The number of carboxylic acids is 1. The van der Waals surface area contributed by atoms with Gasteiger partial charge < -0.3 is 14.6 Å². The summed E-state index contributed by atoms with van der Waals surface area (Å²) in [6.45, 7) is 0.196. The molecule has 0 rings (SSSR count). The van der Waals surface area contributed by atoms with Crippen molar-refractivity contribution in [1.82, 2.24) is 0 Å². The zero-order valence-corrected chi connectivity index (χ0v) is 6.79. The lowest BCUT2D eigenvalue weighted by Gasteiger charge is -2.01. The van der Waals surface area contributed by atoms with Crippen LogP contribution in [0.3, 0.4) is 0 Å². The van der Waals surface area contributed by atoms with E-state index in [2.05, 4.69) is 4.74 Å². The normalized spacial score (nSPS) is 10.1. The van der Waals surface area contributed by atoms with E-state index in [-0.39, 0.29) is 13.2 Å². The number of halogens is 1. The SMILES string of the molecule is O=C(O)COCCOCCCF. The Morgan fingerprint density at radius 1 is 1.25 bits per heavy atom. The van der Waals surface area contributed by atoms with Crippen LogP contribution in [0.5, 0.6) is 0 Å². The lowest BCUT2D eigenvalue weighted by atomic mass is 10.5. The molecule has 0 saturated carbocycles. The predicted molar refractivity (Wildman–Crippen MR) is 39.9 cm³/mol. The first-order valence-electron chi connectivity index (χ1n) is 3.70. The van der Waals surface area contributed by atoms with Crippen molar-refractivity contribution >= 4 is 5.97 Å². The van der Waals surface area contributed by atoms with Gasteiger partial charge in [-0.05, 0) is 6.42 Å². The second-order valence-electron chi connectivity index (χ2n) is 2.10. The number of carboxylic acid groups (broad SMARTS) is 1. The van der Waals surface area contributed by atoms with E-state index >= 15 is 0 Å².